The molecule has 0 saturated carbocycles. The monoisotopic (exact) mass is 427 g/mol. The normalized spacial score (nSPS) is 11.0. The zero-order valence-electron chi connectivity index (χ0n) is 16.7. The summed E-state index contributed by atoms with van der Waals surface area (Å²) in [6.45, 7) is 0.301. The predicted molar refractivity (Wildman–Crippen MR) is 104 cm³/mol. The summed E-state index contributed by atoms with van der Waals surface area (Å²) >= 11 is 0. The van der Waals surface area contributed by atoms with Gasteiger partial charge in [-0.05, 0) is 42.3 Å². The number of aliphatic hydroxyl groups is 1. The van der Waals surface area contributed by atoms with Crippen LogP contribution in [0.3, 0.4) is 0 Å². The maximum absolute atomic E-state index is 12.9. The van der Waals surface area contributed by atoms with E-state index >= 15 is 0 Å². The van der Waals surface area contributed by atoms with Crippen molar-refractivity contribution in [2.24, 2.45) is 0 Å². The number of carbonyl (C=O) groups excluding carboxylic acids is 2. The number of rotatable bonds is 8. The molecule has 0 saturated heterocycles. The van der Waals surface area contributed by atoms with Gasteiger partial charge >= 0.3 is 5.97 Å². The molecule has 0 radical (unpaired) electrons. The summed E-state index contributed by atoms with van der Waals surface area (Å²) in [6, 6.07) is 10.6. The van der Waals surface area contributed by atoms with Gasteiger partial charge in [-0.2, -0.15) is 0 Å². The van der Waals surface area contributed by atoms with Gasteiger partial charge in [0.2, 0.25) is 6.93 Å². The van der Waals surface area contributed by atoms with Crippen LogP contribution in [0.2, 0.25) is 0 Å². The van der Waals surface area contributed by atoms with Crippen LogP contribution in [0, 0.1) is 5.82 Å². The summed E-state index contributed by atoms with van der Waals surface area (Å²) < 4.78 is 42.2. The van der Waals surface area contributed by atoms with E-state index in [0.29, 0.717) is 11.3 Å². The highest BCUT2D eigenvalue weighted by Crippen LogP contribution is 2.21. The second-order valence-corrected chi connectivity index (χ2v) is 5.92. The minimum atomic E-state index is -1.75. The molecule has 2 rings (SSSR count). The highest BCUT2D eigenvalue weighted by atomic mass is 19.3. The fourth-order valence-electron chi connectivity index (χ4n) is 2.48. The Morgan fingerprint density at radius 3 is 2.27 bits per heavy atom. The fraction of sp³-hybridized carbons (Fsp3) is 0.333. The number of nitrogens with one attached hydrogen (secondary N) is 1. The van der Waals surface area contributed by atoms with Crippen molar-refractivity contribution in [2.45, 2.75) is 26.0 Å². The van der Waals surface area contributed by atoms with E-state index < -0.39 is 19.0 Å². The number of hydrogen-bond donors (Lipinski definition) is 2. The predicted octanol–water partition coefficient (Wildman–Crippen LogP) is 3.11. The van der Waals surface area contributed by atoms with Gasteiger partial charge in [-0.3, -0.25) is 4.79 Å². The Kier molecular flexibility index (Phi) is 11.0. The summed E-state index contributed by atoms with van der Waals surface area (Å²) in [7, 11) is 1.44. The van der Waals surface area contributed by atoms with Crippen LogP contribution in [0.5, 0.6) is 5.75 Å². The average Bonchev–Trinajstić information content (AvgIpc) is 2.73. The van der Waals surface area contributed by atoms with Crippen molar-refractivity contribution in [3.05, 3.63) is 65.0 Å². The van der Waals surface area contributed by atoms with E-state index in [1.807, 2.05) is 0 Å². The summed E-state index contributed by atoms with van der Waals surface area (Å²) in [5, 5.41) is 12.6. The van der Waals surface area contributed by atoms with Crippen molar-refractivity contribution in [1.82, 2.24) is 5.32 Å². The zero-order chi connectivity index (χ0) is 22.5. The highest BCUT2D eigenvalue weighted by molar-refractivity contribution is 5.97. The van der Waals surface area contributed by atoms with Crippen LogP contribution in [-0.4, -0.2) is 43.7 Å². The number of halogens is 3. The first-order valence-electron chi connectivity index (χ1n) is 9.02. The lowest BCUT2D eigenvalue weighted by Gasteiger charge is -2.13. The molecule has 0 spiro atoms. The number of aliphatic hydroxyl groups excluding tert-OH is 1. The van der Waals surface area contributed by atoms with Crippen LogP contribution in [0.1, 0.15) is 28.4 Å². The van der Waals surface area contributed by atoms with Gasteiger partial charge < -0.3 is 19.9 Å². The first-order valence-corrected chi connectivity index (χ1v) is 9.02. The molecule has 1 unspecified atom stereocenters. The van der Waals surface area contributed by atoms with Gasteiger partial charge in [0.15, 0.2) is 6.10 Å². The van der Waals surface area contributed by atoms with Crippen LogP contribution in [-0.2, 0) is 22.5 Å². The topological polar surface area (TPSA) is 84.9 Å². The van der Waals surface area contributed by atoms with Crippen molar-refractivity contribution in [2.75, 3.05) is 20.6 Å². The number of benzene rings is 2. The third-order valence-electron chi connectivity index (χ3n) is 3.86. The van der Waals surface area contributed by atoms with E-state index in [0.717, 1.165) is 5.56 Å². The first-order chi connectivity index (χ1) is 14.4. The number of ether oxygens (including phenoxy) is 2. The second-order valence-electron chi connectivity index (χ2n) is 5.92. The van der Waals surface area contributed by atoms with E-state index in [1.54, 1.807) is 37.3 Å². The Morgan fingerprint density at radius 1 is 1.10 bits per heavy atom. The summed E-state index contributed by atoms with van der Waals surface area (Å²) in [5.74, 6) is -1.08. The van der Waals surface area contributed by atoms with Gasteiger partial charge in [-0.15, -0.1) is 0 Å². The number of alkyl halides is 2. The molecule has 30 heavy (non-hydrogen) atoms. The van der Waals surface area contributed by atoms with Crippen LogP contribution < -0.4 is 10.1 Å². The molecule has 9 heteroatoms. The number of methoxy groups -OCH3 is 1. The Bertz CT molecular complexity index is 815. The van der Waals surface area contributed by atoms with Crippen molar-refractivity contribution >= 4 is 11.9 Å². The molecular weight excluding hydrogens is 403 g/mol. The number of hydrogen-bond acceptors (Lipinski definition) is 5. The van der Waals surface area contributed by atoms with Crippen molar-refractivity contribution in [3.8, 4) is 5.75 Å². The molecule has 1 atom stereocenters. The molecule has 0 heterocycles. The summed E-state index contributed by atoms with van der Waals surface area (Å²) in [6.07, 6.45) is -1.30. The quantitative estimate of drug-likeness (QED) is 0.633. The van der Waals surface area contributed by atoms with Gasteiger partial charge in [0.05, 0.1) is 19.3 Å². The van der Waals surface area contributed by atoms with E-state index in [-0.39, 0.29) is 36.9 Å². The Labute approximate surface area is 172 Å². The van der Waals surface area contributed by atoms with E-state index in [9.17, 15) is 27.9 Å². The minimum Gasteiger partial charge on any atom is -0.496 e. The first kappa shape index (κ1) is 25.0. The number of carbonyl (C=O) groups is 2. The van der Waals surface area contributed by atoms with Gasteiger partial charge in [0.1, 0.15) is 11.6 Å². The van der Waals surface area contributed by atoms with Crippen LogP contribution in [0.15, 0.2) is 42.5 Å². The Balaban J connectivity index is 0.00000141. The van der Waals surface area contributed by atoms with Crippen molar-refractivity contribution < 1.29 is 37.3 Å². The lowest BCUT2D eigenvalue weighted by molar-refractivity contribution is -0.152. The molecule has 2 aromatic carbocycles. The molecule has 0 aliphatic heterocycles. The smallest absolute Gasteiger partial charge is 0.335 e. The van der Waals surface area contributed by atoms with Gasteiger partial charge in [0, 0.05) is 13.0 Å². The molecule has 164 valence electrons. The molecule has 1 amide bonds. The van der Waals surface area contributed by atoms with Gasteiger partial charge in [0.25, 0.3) is 5.91 Å². The average molecular weight is 427 g/mol. The van der Waals surface area contributed by atoms with Crippen molar-refractivity contribution in [1.29, 1.82) is 0 Å². The summed E-state index contributed by atoms with van der Waals surface area (Å²) in [5.41, 5.74) is 1.61. The number of amides is 1. The van der Waals surface area contributed by atoms with Gasteiger partial charge in [-0.25, -0.2) is 18.0 Å². The molecular formula is C21H24F3NO5. The lowest BCUT2D eigenvalue weighted by atomic mass is 10.0. The minimum absolute atomic E-state index is 0.0150. The molecule has 6 nitrogen and oxygen atoms in total. The van der Waals surface area contributed by atoms with E-state index in [2.05, 4.69) is 5.32 Å². The van der Waals surface area contributed by atoms with E-state index in [4.69, 9.17) is 9.47 Å². The molecule has 0 aliphatic rings. The molecule has 2 N–H and O–H groups in total. The van der Waals surface area contributed by atoms with E-state index in [1.165, 1.54) is 19.2 Å². The second kappa shape index (κ2) is 13.2. The molecule has 0 aliphatic carbocycles. The largest absolute Gasteiger partial charge is 0.496 e. The summed E-state index contributed by atoms with van der Waals surface area (Å²) in [4.78, 5) is 24.1. The molecule has 0 aromatic heterocycles. The van der Waals surface area contributed by atoms with Crippen LogP contribution in [0.4, 0.5) is 13.2 Å². The Morgan fingerprint density at radius 2 is 1.70 bits per heavy atom. The van der Waals surface area contributed by atoms with Gasteiger partial charge in [-0.1, -0.05) is 18.2 Å². The standard InChI is InChI=1S/C20H22FNO5.CH2F2/c1-3-27-20(25)17(23)11-14-6-9-18(26-2)16(10-14)19(24)22-12-13-4-7-15(21)8-5-13;2-1-3/h4-10,17,23H,3,11-12H2,1-2H3,(H,22,24);1H2. The lowest BCUT2D eigenvalue weighted by Crippen LogP contribution is -2.26. The Hall–Kier alpha value is -3.07. The van der Waals surface area contributed by atoms with Crippen LogP contribution >= 0.6 is 0 Å². The third kappa shape index (κ3) is 8.12. The van der Waals surface area contributed by atoms with Crippen LogP contribution in [0.25, 0.3) is 0 Å². The molecule has 2 aromatic rings. The zero-order valence-corrected chi connectivity index (χ0v) is 16.7. The number of esters is 1. The maximum atomic E-state index is 12.9. The molecule has 0 bridgehead atoms. The fourth-order valence-corrected chi connectivity index (χ4v) is 2.48. The van der Waals surface area contributed by atoms with Crippen molar-refractivity contribution in [3.63, 3.8) is 0 Å². The SMILES string of the molecule is CCOC(=O)C(O)Cc1ccc(OC)c(C(=O)NCc2ccc(F)cc2)c1.FCF. The highest BCUT2D eigenvalue weighted by Gasteiger charge is 2.19. The third-order valence-corrected chi connectivity index (χ3v) is 3.86. The molecule has 0 fully saturated rings. The maximum Gasteiger partial charge on any atom is 0.335 e.